The summed E-state index contributed by atoms with van der Waals surface area (Å²) in [5.74, 6) is 0.788. The number of hydrogen-bond acceptors (Lipinski definition) is 1. The molecule has 2 nitrogen and oxygen atoms in total. The Bertz CT molecular complexity index is 913. The summed E-state index contributed by atoms with van der Waals surface area (Å²) in [6, 6.07) is 18.1. The van der Waals surface area contributed by atoms with E-state index in [1.54, 1.807) is 11.1 Å². The molecule has 6 rings (SSSR count). The monoisotopic (exact) mass is 350 g/mol. The van der Waals surface area contributed by atoms with E-state index in [0.717, 1.165) is 17.5 Å². The molecule has 25 heavy (non-hydrogen) atoms. The van der Waals surface area contributed by atoms with Gasteiger partial charge >= 0.3 is 0 Å². The summed E-state index contributed by atoms with van der Waals surface area (Å²) in [5.41, 5.74) is 5.63. The zero-order valence-corrected chi connectivity index (χ0v) is 15.1. The van der Waals surface area contributed by atoms with E-state index in [1.165, 1.54) is 48.8 Å². The van der Waals surface area contributed by atoms with Gasteiger partial charge in [0.05, 0.1) is 0 Å². The van der Waals surface area contributed by atoms with E-state index in [-0.39, 0.29) is 0 Å². The normalized spacial score (nSPS) is 23.4. The van der Waals surface area contributed by atoms with Crippen molar-refractivity contribution in [2.45, 2.75) is 38.3 Å². The molecule has 2 atom stereocenters. The van der Waals surface area contributed by atoms with Crippen LogP contribution in [0.15, 0.2) is 48.5 Å². The van der Waals surface area contributed by atoms with Crippen molar-refractivity contribution in [1.82, 2.24) is 9.88 Å². The standard InChI is InChI=1S/C22H23ClN2/c23-19-6-8-22-18(10-19)11-20(24-22)14-25-13-15-5-7-21(25)12-17-4-2-1-3-16(17)9-15/h1-4,6,8,10-11,15,21,24H,5,7,9,12-14H2/t15-,21+/m1/s1. The van der Waals surface area contributed by atoms with Crippen molar-refractivity contribution in [3.8, 4) is 0 Å². The molecule has 1 N–H and O–H groups in total. The van der Waals surface area contributed by atoms with Crippen LogP contribution in [0, 0.1) is 5.92 Å². The predicted molar refractivity (Wildman–Crippen MR) is 104 cm³/mol. The number of halogens is 1. The third-order valence-corrected chi connectivity index (χ3v) is 6.25. The number of benzene rings is 2. The van der Waals surface area contributed by atoms with E-state index < -0.39 is 0 Å². The second-order valence-corrected chi connectivity index (χ2v) is 8.17. The largest absolute Gasteiger partial charge is 0.357 e. The Hall–Kier alpha value is -1.77. The number of nitrogens with zero attached hydrogens (tertiary/aromatic N) is 1. The first kappa shape index (κ1) is 15.5. The maximum absolute atomic E-state index is 6.13. The van der Waals surface area contributed by atoms with Crippen molar-refractivity contribution >= 4 is 22.5 Å². The molecule has 3 aliphatic rings. The zero-order valence-electron chi connectivity index (χ0n) is 14.3. The van der Waals surface area contributed by atoms with Crippen LogP contribution in [-0.2, 0) is 19.4 Å². The van der Waals surface area contributed by atoms with Gasteiger partial charge in [-0.25, -0.2) is 0 Å². The molecular formula is C22H23ClN2. The molecule has 3 heteroatoms. The van der Waals surface area contributed by atoms with E-state index in [1.807, 2.05) is 12.1 Å². The topological polar surface area (TPSA) is 19.0 Å². The highest BCUT2D eigenvalue weighted by Crippen LogP contribution is 2.33. The molecule has 1 fully saturated rings. The van der Waals surface area contributed by atoms with Gasteiger partial charge in [0.1, 0.15) is 0 Å². The fourth-order valence-corrected chi connectivity index (χ4v) is 4.94. The van der Waals surface area contributed by atoms with Crippen molar-refractivity contribution in [3.63, 3.8) is 0 Å². The average Bonchev–Trinajstić information content (AvgIpc) is 2.97. The van der Waals surface area contributed by atoms with Crippen LogP contribution in [0.25, 0.3) is 10.9 Å². The molecular weight excluding hydrogens is 328 g/mol. The minimum absolute atomic E-state index is 0.660. The smallest absolute Gasteiger partial charge is 0.0457 e. The highest BCUT2D eigenvalue weighted by atomic mass is 35.5. The second kappa shape index (κ2) is 6.19. The lowest BCUT2D eigenvalue weighted by atomic mass is 9.80. The minimum atomic E-state index is 0.660. The number of nitrogens with one attached hydrogen (secondary N) is 1. The molecule has 3 aromatic rings. The number of fused-ring (bicyclic) bond motifs is 3. The molecule has 128 valence electrons. The molecule has 0 amide bonds. The summed E-state index contributed by atoms with van der Waals surface area (Å²) >= 11 is 6.13. The zero-order chi connectivity index (χ0) is 16.8. The summed E-state index contributed by atoms with van der Waals surface area (Å²) in [7, 11) is 0. The molecule has 1 aliphatic carbocycles. The van der Waals surface area contributed by atoms with Gasteiger partial charge in [0.25, 0.3) is 0 Å². The quantitative estimate of drug-likeness (QED) is 0.673. The van der Waals surface area contributed by atoms with Gasteiger partial charge in [0.15, 0.2) is 0 Å². The molecule has 0 unspecified atom stereocenters. The lowest BCUT2D eigenvalue weighted by Crippen LogP contribution is -2.46. The number of hydrogen-bond donors (Lipinski definition) is 1. The lowest BCUT2D eigenvalue weighted by Gasteiger charge is -2.42. The van der Waals surface area contributed by atoms with Crippen LogP contribution in [-0.4, -0.2) is 22.5 Å². The molecule has 2 aliphatic heterocycles. The molecule has 0 spiro atoms. The van der Waals surface area contributed by atoms with Crippen LogP contribution in [0.1, 0.15) is 29.7 Å². The van der Waals surface area contributed by atoms with Crippen molar-refractivity contribution in [3.05, 3.63) is 70.4 Å². The first-order valence-electron chi connectivity index (χ1n) is 9.32. The number of aromatic nitrogens is 1. The molecule has 0 saturated carbocycles. The van der Waals surface area contributed by atoms with Gasteiger partial charge in [0, 0.05) is 40.8 Å². The summed E-state index contributed by atoms with van der Waals surface area (Å²) < 4.78 is 0. The average molecular weight is 351 g/mol. The Labute approximate surface area is 153 Å². The van der Waals surface area contributed by atoms with Gasteiger partial charge in [-0.05, 0) is 67.0 Å². The van der Waals surface area contributed by atoms with Crippen LogP contribution in [0.4, 0.5) is 0 Å². The summed E-state index contributed by atoms with van der Waals surface area (Å²) in [4.78, 5) is 6.29. The van der Waals surface area contributed by atoms with E-state index in [9.17, 15) is 0 Å². The van der Waals surface area contributed by atoms with Gasteiger partial charge in [-0.1, -0.05) is 35.9 Å². The SMILES string of the molecule is Clc1ccc2[nH]c(CN3C[C@@H]4CC[C@H]3Cc3ccccc3C4)cc2c1. The first-order chi connectivity index (χ1) is 12.2. The van der Waals surface area contributed by atoms with Crippen molar-refractivity contribution in [2.24, 2.45) is 5.92 Å². The maximum Gasteiger partial charge on any atom is 0.0457 e. The van der Waals surface area contributed by atoms with Crippen molar-refractivity contribution in [2.75, 3.05) is 6.54 Å². The Balaban J connectivity index is 1.42. The Morgan fingerprint density at radius 1 is 1.00 bits per heavy atom. The number of aromatic amines is 1. The van der Waals surface area contributed by atoms with Gasteiger partial charge in [0.2, 0.25) is 0 Å². The highest BCUT2D eigenvalue weighted by Gasteiger charge is 2.31. The third-order valence-electron chi connectivity index (χ3n) is 6.01. The van der Waals surface area contributed by atoms with Crippen LogP contribution < -0.4 is 0 Å². The molecule has 2 aromatic carbocycles. The van der Waals surface area contributed by atoms with Gasteiger partial charge in [-0.15, -0.1) is 0 Å². The van der Waals surface area contributed by atoms with E-state index >= 15 is 0 Å². The van der Waals surface area contributed by atoms with Gasteiger partial charge in [-0.2, -0.15) is 0 Å². The van der Waals surface area contributed by atoms with E-state index in [2.05, 4.69) is 46.3 Å². The molecule has 1 aromatic heterocycles. The van der Waals surface area contributed by atoms with E-state index in [4.69, 9.17) is 11.6 Å². The third kappa shape index (κ3) is 2.98. The maximum atomic E-state index is 6.13. The lowest BCUT2D eigenvalue weighted by molar-refractivity contribution is 0.0928. The van der Waals surface area contributed by atoms with Crippen LogP contribution in [0.5, 0.6) is 0 Å². The summed E-state index contributed by atoms with van der Waals surface area (Å²) in [5, 5.41) is 2.02. The number of piperidine rings is 1. The second-order valence-electron chi connectivity index (χ2n) is 7.73. The Morgan fingerprint density at radius 3 is 2.72 bits per heavy atom. The first-order valence-corrected chi connectivity index (χ1v) is 9.70. The number of H-pyrrole nitrogens is 1. The highest BCUT2D eigenvalue weighted by molar-refractivity contribution is 6.31. The van der Waals surface area contributed by atoms with Crippen molar-refractivity contribution < 1.29 is 0 Å². The van der Waals surface area contributed by atoms with Crippen LogP contribution >= 0.6 is 11.6 Å². The fourth-order valence-electron chi connectivity index (χ4n) is 4.76. The predicted octanol–water partition coefficient (Wildman–Crippen LogP) is 5.20. The van der Waals surface area contributed by atoms with Gasteiger partial charge < -0.3 is 4.98 Å². The Morgan fingerprint density at radius 2 is 1.84 bits per heavy atom. The summed E-state index contributed by atoms with van der Waals surface area (Å²) in [6.45, 7) is 2.23. The van der Waals surface area contributed by atoms with Gasteiger partial charge in [-0.3, -0.25) is 4.90 Å². The number of rotatable bonds is 2. The molecule has 0 radical (unpaired) electrons. The van der Waals surface area contributed by atoms with Crippen LogP contribution in [0.3, 0.4) is 0 Å². The molecule has 3 heterocycles. The summed E-state index contributed by atoms with van der Waals surface area (Å²) in [6.07, 6.45) is 5.12. The molecule has 2 bridgehead atoms. The Kier molecular flexibility index (Phi) is 3.83. The molecule has 1 saturated heterocycles. The van der Waals surface area contributed by atoms with Crippen LogP contribution in [0.2, 0.25) is 5.02 Å². The van der Waals surface area contributed by atoms with Crippen molar-refractivity contribution in [1.29, 1.82) is 0 Å². The fraction of sp³-hybridized carbons (Fsp3) is 0.364. The van der Waals surface area contributed by atoms with E-state index in [0.29, 0.717) is 6.04 Å². The minimum Gasteiger partial charge on any atom is -0.357 e.